The van der Waals surface area contributed by atoms with Gasteiger partial charge in [-0.05, 0) is 31.5 Å². The predicted octanol–water partition coefficient (Wildman–Crippen LogP) is 3.66. The molecular formula is C13H14ClN3O. The smallest absolute Gasteiger partial charge is 0.225 e. The van der Waals surface area contributed by atoms with Crippen LogP contribution in [0, 0.1) is 6.92 Å². The van der Waals surface area contributed by atoms with Crippen molar-refractivity contribution >= 4 is 17.5 Å². The molecule has 0 unspecified atom stereocenters. The van der Waals surface area contributed by atoms with E-state index in [0.717, 1.165) is 12.1 Å². The third-order valence-corrected chi connectivity index (χ3v) is 2.56. The molecule has 0 aliphatic rings. The number of aromatic nitrogens is 2. The van der Waals surface area contributed by atoms with Gasteiger partial charge in [-0.25, -0.2) is 4.98 Å². The number of hydrogen-bond donors (Lipinski definition) is 1. The zero-order chi connectivity index (χ0) is 13.0. The lowest BCUT2D eigenvalue weighted by atomic mass is 10.2. The minimum atomic E-state index is 0.465. The van der Waals surface area contributed by atoms with E-state index in [2.05, 4.69) is 15.3 Å². The van der Waals surface area contributed by atoms with Crippen molar-refractivity contribution in [3.63, 3.8) is 0 Å². The van der Waals surface area contributed by atoms with Crippen molar-refractivity contribution in [3.8, 4) is 11.6 Å². The molecule has 2 aromatic rings. The van der Waals surface area contributed by atoms with E-state index in [1.165, 1.54) is 0 Å². The lowest BCUT2D eigenvalue weighted by molar-refractivity contribution is 0.462. The van der Waals surface area contributed by atoms with Crippen LogP contribution in [0.4, 0.5) is 5.95 Å². The Balaban J connectivity index is 2.20. The second-order valence-corrected chi connectivity index (χ2v) is 4.19. The molecule has 4 nitrogen and oxygen atoms in total. The summed E-state index contributed by atoms with van der Waals surface area (Å²) < 4.78 is 5.63. The van der Waals surface area contributed by atoms with Gasteiger partial charge in [0.1, 0.15) is 5.75 Å². The molecule has 0 bridgehead atoms. The molecule has 1 heterocycles. The molecule has 18 heavy (non-hydrogen) atoms. The van der Waals surface area contributed by atoms with Crippen molar-refractivity contribution in [1.29, 1.82) is 0 Å². The van der Waals surface area contributed by atoms with Gasteiger partial charge in [0.2, 0.25) is 11.8 Å². The average molecular weight is 264 g/mol. The summed E-state index contributed by atoms with van der Waals surface area (Å²) in [6.45, 7) is 4.71. The first-order valence-electron chi connectivity index (χ1n) is 5.70. The van der Waals surface area contributed by atoms with Crippen molar-refractivity contribution in [2.24, 2.45) is 0 Å². The highest BCUT2D eigenvalue weighted by atomic mass is 35.5. The Morgan fingerprint density at radius 1 is 1.33 bits per heavy atom. The van der Waals surface area contributed by atoms with Crippen LogP contribution < -0.4 is 10.1 Å². The van der Waals surface area contributed by atoms with Crippen molar-refractivity contribution in [1.82, 2.24) is 9.97 Å². The largest absolute Gasteiger partial charge is 0.437 e. The summed E-state index contributed by atoms with van der Waals surface area (Å²) in [5.74, 6) is 1.59. The Hall–Kier alpha value is -1.81. The summed E-state index contributed by atoms with van der Waals surface area (Å²) >= 11 is 6.10. The third-order valence-electron chi connectivity index (χ3n) is 2.27. The standard InChI is InChI=1S/C13H14ClN3O/c1-3-15-13-16-7-6-12(17-13)18-11-5-4-9(2)8-10(11)14/h4-8H,3H2,1-2H3,(H,15,16,17). The minimum Gasteiger partial charge on any atom is -0.437 e. The van der Waals surface area contributed by atoms with E-state index in [1.54, 1.807) is 12.3 Å². The highest BCUT2D eigenvalue weighted by Gasteiger charge is 2.05. The highest BCUT2D eigenvalue weighted by Crippen LogP contribution is 2.29. The van der Waals surface area contributed by atoms with E-state index >= 15 is 0 Å². The second kappa shape index (κ2) is 5.69. The van der Waals surface area contributed by atoms with Crippen LogP contribution in [0.1, 0.15) is 12.5 Å². The molecule has 0 aliphatic heterocycles. The summed E-state index contributed by atoms with van der Waals surface area (Å²) in [6.07, 6.45) is 1.64. The number of anilines is 1. The number of nitrogens with zero attached hydrogens (tertiary/aromatic N) is 2. The zero-order valence-corrected chi connectivity index (χ0v) is 11.0. The SMILES string of the molecule is CCNc1nccc(Oc2ccc(C)cc2Cl)n1. The topological polar surface area (TPSA) is 47.0 Å². The highest BCUT2D eigenvalue weighted by molar-refractivity contribution is 6.32. The maximum absolute atomic E-state index is 6.10. The zero-order valence-electron chi connectivity index (χ0n) is 10.3. The van der Waals surface area contributed by atoms with Crippen LogP contribution in [0.2, 0.25) is 5.02 Å². The van der Waals surface area contributed by atoms with Crippen molar-refractivity contribution < 1.29 is 4.74 Å². The van der Waals surface area contributed by atoms with E-state index in [-0.39, 0.29) is 0 Å². The molecule has 0 radical (unpaired) electrons. The average Bonchev–Trinajstić information content (AvgIpc) is 2.34. The Bertz CT molecular complexity index is 546. The molecule has 0 saturated carbocycles. The van der Waals surface area contributed by atoms with Gasteiger partial charge < -0.3 is 10.1 Å². The van der Waals surface area contributed by atoms with Gasteiger partial charge >= 0.3 is 0 Å². The third kappa shape index (κ3) is 3.11. The lowest BCUT2D eigenvalue weighted by Gasteiger charge is -2.08. The summed E-state index contributed by atoms with van der Waals surface area (Å²) in [4.78, 5) is 8.29. The number of aryl methyl sites for hydroxylation is 1. The van der Waals surface area contributed by atoms with E-state index in [1.807, 2.05) is 32.0 Å². The van der Waals surface area contributed by atoms with E-state index in [9.17, 15) is 0 Å². The number of ether oxygens (including phenoxy) is 1. The van der Waals surface area contributed by atoms with Crippen LogP contribution in [-0.2, 0) is 0 Å². The molecule has 1 N–H and O–H groups in total. The van der Waals surface area contributed by atoms with Gasteiger partial charge in [-0.1, -0.05) is 17.7 Å². The van der Waals surface area contributed by atoms with Crippen LogP contribution in [0.5, 0.6) is 11.6 Å². The number of rotatable bonds is 4. The van der Waals surface area contributed by atoms with Crippen LogP contribution in [0.15, 0.2) is 30.5 Å². The summed E-state index contributed by atoms with van der Waals surface area (Å²) in [5, 5.41) is 3.59. The Morgan fingerprint density at radius 3 is 2.89 bits per heavy atom. The van der Waals surface area contributed by atoms with Gasteiger partial charge in [-0.15, -0.1) is 0 Å². The lowest BCUT2D eigenvalue weighted by Crippen LogP contribution is -2.02. The van der Waals surface area contributed by atoms with Gasteiger partial charge in [-0.3, -0.25) is 0 Å². The molecule has 1 aromatic heterocycles. The van der Waals surface area contributed by atoms with Gasteiger partial charge in [0, 0.05) is 18.8 Å². The number of benzene rings is 1. The molecular weight excluding hydrogens is 250 g/mol. The van der Waals surface area contributed by atoms with Crippen molar-refractivity contribution in [2.75, 3.05) is 11.9 Å². The van der Waals surface area contributed by atoms with Crippen molar-refractivity contribution in [3.05, 3.63) is 41.0 Å². The normalized spacial score (nSPS) is 10.2. The summed E-state index contributed by atoms with van der Waals surface area (Å²) in [5.41, 5.74) is 1.09. The van der Waals surface area contributed by atoms with Gasteiger partial charge in [0.25, 0.3) is 0 Å². The molecule has 0 saturated heterocycles. The van der Waals surface area contributed by atoms with Crippen LogP contribution in [-0.4, -0.2) is 16.5 Å². The fourth-order valence-electron chi connectivity index (χ4n) is 1.44. The van der Waals surface area contributed by atoms with Gasteiger partial charge in [0.15, 0.2) is 0 Å². The van der Waals surface area contributed by atoms with Crippen molar-refractivity contribution in [2.45, 2.75) is 13.8 Å². The quantitative estimate of drug-likeness (QED) is 0.914. The summed E-state index contributed by atoms with van der Waals surface area (Å²) in [7, 11) is 0. The molecule has 0 fully saturated rings. The Morgan fingerprint density at radius 2 is 2.17 bits per heavy atom. The van der Waals surface area contributed by atoms with Crippen LogP contribution in [0.3, 0.4) is 0 Å². The maximum Gasteiger partial charge on any atom is 0.225 e. The molecule has 0 amide bonds. The molecule has 0 spiro atoms. The molecule has 2 rings (SSSR count). The molecule has 0 atom stereocenters. The fraction of sp³-hybridized carbons (Fsp3) is 0.231. The van der Waals surface area contributed by atoms with E-state index in [4.69, 9.17) is 16.3 Å². The second-order valence-electron chi connectivity index (χ2n) is 3.78. The van der Waals surface area contributed by atoms with E-state index < -0.39 is 0 Å². The first-order chi connectivity index (χ1) is 8.69. The maximum atomic E-state index is 6.10. The predicted molar refractivity (Wildman–Crippen MR) is 72.5 cm³/mol. The first-order valence-corrected chi connectivity index (χ1v) is 6.07. The Kier molecular flexibility index (Phi) is 3.99. The molecule has 1 aromatic carbocycles. The van der Waals surface area contributed by atoms with E-state index in [0.29, 0.717) is 22.6 Å². The fourth-order valence-corrected chi connectivity index (χ4v) is 1.72. The van der Waals surface area contributed by atoms with Crippen LogP contribution >= 0.6 is 11.6 Å². The minimum absolute atomic E-state index is 0.465. The Labute approximate surface area is 111 Å². The van der Waals surface area contributed by atoms with Gasteiger partial charge in [0.05, 0.1) is 5.02 Å². The van der Waals surface area contributed by atoms with Crippen LogP contribution in [0.25, 0.3) is 0 Å². The number of hydrogen-bond acceptors (Lipinski definition) is 4. The molecule has 94 valence electrons. The summed E-state index contributed by atoms with van der Waals surface area (Å²) in [6, 6.07) is 7.31. The number of nitrogens with one attached hydrogen (secondary N) is 1. The monoisotopic (exact) mass is 263 g/mol. The van der Waals surface area contributed by atoms with Gasteiger partial charge in [-0.2, -0.15) is 4.98 Å². The first kappa shape index (κ1) is 12.6. The molecule has 5 heteroatoms. The molecule has 0 aliphatic carbocycles. The number of halogens is 1.